The predicted octanol–water partition coefficient (Wildman–Crippen LogP) is 2.38. The highest BCUT2D eigenvalue weighted by atomic mass is 16.2. The zero-order chi connectivity index (χ0) is 20.5. The number of hydrogen-bond donors (Lipinski definition) is 3. The van der Waals surface area contributed by atoms with Gasteiger partial charge in [-0.1, -0.05) is 36.4 Å². The fourth-order valence-electron chi connectivity index (χ4n) is 2.62. The fourth-order valence-corrected chi connectivity index (χ4v) is 2.62. The van der Waals surface area contributed by atoms with Crippen molar-refractivity contribution in [3.05, 3.63) is 95.8 Å². The van der Waals surface area contributed by atoms with Crippen LogP contribution in [0.4, 0.5) is 5.69 Å². The number of hydrogen-bond acceptors (Lipinski definition) is 4. The summed E-state index contributed by atoms with van der Waals surface area (Å²) < 4.78 is 0. The third-order valence-corrected chi connectivity index (χ3v) is 4.10. The Labute approximate surface area is 168 Å². The van der Waals surface area contributed by atoms with Gasteiger partial charge in [-0.3, -0.25) is 19.4 Å². The molecule has 1 aromatic heterocycles. The Kier molecular flexibility index (Phi) is 6.67. The van der Waals surface area contributed by atoms with Crippen LogP contribution in [0.3, 0.4) is 0 Å². The average molecular weight is 388 g/mol. The van der Waals surface area contributed by atoms with E-state index in [0.717, 1.165) is 5.56 Å². The number of carbonyl (C=O) groups is 3. The molecule has 0 unspecified atom stereocenters. The molecule has 29 heavy (non-hydrogen) atoms. The highest BCUT2D eigenvalue weighted by molar-refractivity contribution is 5.99. The predicted molar refractivity (Wildman–Crippen MR) is 109 cm³/mol. The van der Waals surface area contributed by atoms with Crippen molar-refractivity contribution in [2.45, 2.75) is 6.54 Å². The summed E-state index contributed by atoms with van der Waals surface area (Å²) in [6.45, 7) is 0.0741. The molecule has 3 rings (SSSR count). The molecule has 0 aliphatic carbocycles. The summed E-state index contributed by atoms with van der Waals surface area (Å²) >= 11 is 0. The molecule has 0 saturated carbocycles. The Morgan fingerprint density at radius 1 is 0.759 bits per heavy atom. The summed E-state index contributed by atoms with van der Waals surface area (Å²) in [5.41, 5.74) is 2.25. The number of benzene rings is 2. The van der Waals surface area contributed by atoms with Crippen LogP contribution in [0, 0.1) is 0 Å². The Bertz CT molecular complexity index is 991. The smallest absolute Gasteiger partial charge is 0.253 e. The molecule has 7 nitrogen and oxygen atoms in total. The lowest BCUT2D eigenvalue weighted by atomic mass is 10.1. The van der Waals surface area contributed by atoms with Gasteiger partial charge in [-0.25, -0.2) is 0 Å². The number of carbonyl (C=O) groups excluding carboxylic acids is 3. The van der Waals surface area contributed by atoms with Gasteiger partial charge < -0.3 is 16.0 Å². The molecule has 0 aliphatic heterocycles. The molecular weight excluding hydrogens is 368 g/mol. The van der Waals surface area contributed by atoms with E-state index in [1.165, 1.54) is 6.20 Å². The number of para-hydroxylation sites is 1. The van der Waals surface area contributed by atoms with E-state index in [9.17, 15) is 14.4 Å². The molecule has 0 aliphatic rings. The molecule has 0 radical (unpaired) electrons. The first-order valence-electron chi connectivity index (χ1n) is 9.03. The molecule has 3 N–H and O–H groups in total. The van der Waals surface area contributed by atoms with E-state index < -0.39 is 0 Å². The maximum absolute atomic E-state index is 12.2. The van der Waals surface area contributed by atoms with Gasteiger partial charge in [0.15, 0.2) is 0 Å². The summed E-state index contributed by atoms with van der Waals surface area (Å²) in [5, 5.41) is 8.15. The van der Waals surface area contributed by atoms with E-state index in [4.69, 9.17) is 0 Å². The van der Waals surface area contributed by atoms with Crippen LogP contribution in [0.25, 0.3) is 0 Å². The van der Waals surface area contributed by atoms with Crippen LogP contribution in [0.15, 0.2) is 79.1 Å². The van der Waals surface area contributed by atoms with Gasteiger partial charge in [-0.15, -0.1) is 0 Å². The van der Waals surface area contributed by atoms with Crippen LogP contribution >= 0.6 is 0 Å². The van der Waals surface area contributed by atoms with Crippen LogP contribution in [-0.2, 0) is 11.3 Å². The molecule has 0 saturated heterocycles. The molecule has 7 heteroatoms. The van der Waals surface area contributed by atoms with Crippen molar-refractivity contribution < 1.29 is 14.4 Å². The zero-order valence-electron chi connectivity index (χ0n) is 15.6. The molecule has 0 atom stereocenters. The number of nitrogens with one attached hydrogen (secondary N) is 3. The highest BCUT2D eigenvalue weighted by Gasteiger charge is 2.11. The van der Waals surface area contributed by atoms with E-state index in [2.05, 4.69) is 20.9 Å². The summed E-state index contributed by atoms with van der Waals surface area (Å²) in [5.74, 6) is -0.938. The topological polar surface area (TPSA) is 100 Å². The molecule has 1 heterocycles. The molecule has 3 aromatic rings. The van der Waals surface area contributed by atoms with E-state index in [-0.39, 0.29) is 30.8 Å². The quantitative estimate of drug-likeness (QED) is 0.579. The van der Waals surface area contributed by atoms with Crippen molar-refractivity contribution in [2.75, 3.05) is 11.9 Å². The van der Waals surface area contributed by atoms with E-state index in [0.29, 0.717) is 16.8 Å². The minimum absolute atomic E-state index is 0.163. The molecule has 3 amide bonds. The first kappa shape index (κ1) is 19.8. The van der Waals surface area contributed by atoms with Crippen molar-refractivity contribution in [3.63, 3.8) is 0 Å². The van der Waals surface area contributed by atoms with Gasteiger partial charge in [0.2, 0.25) is 5.91 Å². The van der Waals surface area contributed by atoms with Crippen LogP contribution < -0.4 is 16.0 Å². The minimum atomic E-state index is -0.361. The summed E-state index contributed by atoms with van der Waals surface area (Å²) in [6.07, 6.45) is 3.08. The monoisotopic (exact) mass is 388 g/mol. The lowest BCUT2D eigenvalue weighted by Crippen LogP contribution is -2.33. The van der Waals surface area contributed by atoms with Crippen LogP contribution in [-0.4, -0.2) is 29.3 Å². The Balaban J connectivity index is 1.55. The molecule has 2 aromatic carbocycles. The first-order valence-corrected chi connectivity index (χ1v) is 9.03. The van der Waals surface area contributed by atoms with Crippen molar-refractivity contribution in [1.29, 1.82) is 0 Å². The minimum Gasteiger partial charge on any atom is -0.348 e. The van der Waals surface area contributed by atoms with Crippen molar-refractivity contribution >= 4 is 23.4 Å². The number of rotatable bonds is 7. The number of anilines is 1. The molecular formula is C22H20N4O3. The van der Waals surface area contributed by atoms with E-state index in [1.807, 2.05) is 18.2 Å². The van der Waals surface area contributed by atoms with Gasteiger partial charge in [-0.05, 0) is 35.9 Å². The van der Waals surface area contributed by atoms with Crippen LogP contribution in [0.5, 0.6) is 0 Å². The van der Waals surface area contributed by atoms with Gasteiger partial charge in [0.25, 0.3) is 11.8 Å². The van der Waals surface area contributed by atoms with Gasteiger partial charge in [0.05, 0.1) is 12.1 Å². The fraction of sp³-hybridized carbons (Fsp3) is 0.0909. The second-order valence-electron chi connectivity index (χ2n) is 6.18. The number of pyridine rings is 1. The average Bonchev–Trinajstić information content (AvgIpc) is 2.78. The summed E-state index contributed by atoms with van der Waals surface area (Å²) in [6, 6.07) is 19.2. The largest absolute Gasteiger partial charge is 0.348 e. The van der Waals surface area contributed by atoms with Crippen molar-refractivity contribution in [3.8, 4) is 0 Å². The number of nitrogens with zero attached hydrogens (tertiary/aromatic N) is 1. The van der Waals surface area contributed by atoms with Gasteiger partial charge in [-0.2, -0.15) is 0 Å². The number of amides is 3. The second-order valence-corrected chi connectivity index (χ2v) is 6.18. The van der Waals surface area contributed by atoms with Crippen LogP contribution in [0.1, 0.15) is 26.3 Å². The standard InChI is InChI=1S/C22H20N4O3/c27-20(15-25-21(28)16-7-2-1-3-8-16)26-19-11-5-4-9-17(19)14-24-22(29)18-10-6-12-23-13-18/h1-13H,14-15H2,(H,24,29)(H,25,28)(H,26,27). The van der Waals surface area contributed by atoms with E-state index >= 15 is 0 Å². The lowest BCUT2D eigenvalue weighted by molar-refractivity contribution is -0.115. The molecule has 146 valence electrons. The van der Waals surface area contributed by atoms with Gasteiger partial charge >= 0.3 is 0 Å². The van der Waals surface area contributed by atoms with Crippen LogP contribution in [0.2, 0.25) is 0 Å². The van der Waals surface area contributed by atoms with Crippen molar-refractivity contribution in [1.82, 2.24) is 15.6 Å². The normalized spacial score (nSPS) is 10.1. The maximum atomic E-state index is 12.2. The van der Waals surface area contributed by atoms with Crippen molar-refractivity contribution in [2.24, 2.45) is 0 Å². The third kappa shape index (κ3) is 5.74. The van der Waals surface area contributed by atoms with Gasteiger partial charge in [0, 0.05) is 30.2 Å². The third-order valence-electron chi connectivity index (χ3n) is 4.10. The molecule has 0 fully saturated rings. The Morgan fingerprint density at radius 2 is 1.45 bits per heavy atom. The Morgan fingerprint density at radius 3 is 2.21 bits per heavy atom. The maximum Gasteiger partial charge on any atom is 0.253 e. The SMILES string of the molecule is O=C(CNC(=O)c1ccccc1)Nc1ccccc1CNC(=O)c1cccnc1. The second kappa shape index (κ2) is 9.80. The highest BCUT2D eigenvalue weighted by Crippen LogP contribution is 2.15. The number of aromatic nitrogens is 1. The lowest BCUT2D eigenvalue weighted by Gasteiger charge is -2.12. The molecule has 0 spiro atoms. The zero-order valence-corrected chi connectivity index (χ0v) is 15.6. The van der Waals surface area contributed by atoms with E-state index in [1.54, 1.807) is 54.7 Å². The first-order chi connectivity index (χ1) is 14.1. The summed E-state index contributed by atoms with van der Waals surface area (Å²) in [7, 11) is 0. The Hall–Kier alpha value is -4.00. The molecule has 0 bridgehead atoms. The van der Waals surface area contributed by atoms with Gasteiger partial charge in [0.1, 0.15) is 0 Å². The summed E-state index contributed by atoms with van der Waals surface area (Å²) in [4.78, 5) is 40.4.